The number of nitrogens with one attached hydrogen (secondary N) is 2. The Morgan fingerprint density at radius 2 is 1.63 bits per heavy atom. The van der Waals surface area contributed by atoms with Gasteiger partial charge in [-0.05, 0) is 42.5 Å². The fourth-order valence-electron chi connectivity index (χ4n) is 2.96. The van der Waals surface area contributed by atoms with Crippen molar-refractivity contribution in [3.8, 4) is 0 Å². The first-order chi connectivity index (χ1) is 16.4. The number of Topliss-reactive ketones (excluding diaryl/α,β-unsaturated/α-hetero) is 1. The zero-order valence-electron chi connectivity index (χ0n) is 17.6. The number of alkyl halides is 3. The van der Waals surface area contributed by atoms with Gasteiger partial charge in [-0.3, -0.25) is 14.4 Å². The van der Waals surface area contributed by atoms with E-state index in [0.717, 1.165) is 11.1 Å². The summed E-state index contributed by atoms with van der Waals surface area (Å²) in [7, 11) is 1.30. The maximum atomic E-state index is 14.6. The first kappa shape index (κ1) is 26.1. The van der Waals surface area contributed by atoms with E-state index in [0.29, 0.717) is 17.2 Å². The van der Waals surface area contributed by atoms with Crippen LogP contribution in [0.5, 0.6) is 0 Å². The van der Waals surface area contributed by atoms with Crippen LogP contribution < -0.4 is 15.8 Å². The predicted octanol–water partition coefficient (Wildman–Crippen LogP) is 5.31. The molecular formula is C22H14Cl2F4N4O3. The van der Waals surface area contributed by atoms with Crippen molar-refractivity contribution < 1.29 is 31.9 Å². The summed E-state index contributed by atoms with van der Waals surface area (Å²) in [6.07, 6.45) is -3.91. The molecule has 0 saturated carbocycles. The number of aromatic nitrogens is 1. The molecule has 0 saturated heterocycles. The van der Waals surface area contributed by atoms with Crippen LogP contribution in [0, 0.1) is 5.82 Å². The number of nitrogens with zero attached hydrogens (tertiary/aromatic N) is 2. The monoisotopic (exact) mass is 528 g/mol. The second kappa shape index (κ2) is 10.4. The van der Waals surface area contributed by atoms with Crippen LogP contribution in [-0.2, 0) is 0 Å². The fraction of sp³-hybridized carbons (Fsp3) is 0.0909. The summed E-state index contributed by atoms with van der Waals surface area (Å²) >= 11 is 11.8. The summed E-state index contributed by atoms with van der Waals surface area (Å²) in [6.45, 7) is 0. The molecule has 0 bridgehead atoms. The van der Waals surface area contributed by atoms with Gasteiger partial charge in [0, 0.05) is 23.8 Å². The van der Waals surface area contributed by atoms with Gasteiger partial charge in [-0.15, -0.1) is 0 Å². The third-order valence-corrected chi connectivity index (χ3v) is 5.02. The summed E-state index contributed by atoms with van der Waals surface area (Å²) in [5, 5.41) is 3.78. The maximum Gasteiger partial charge on any atom is 0.454 e. The van der Waals surface area contributed by atoms with E-state index in [9.17, 15) is 31.9 Å². The molecule has 0 aliphatic heterocycles. The minimum atomic E-state index is -5.21. The number of halogens is 6. The molecule has 182 valence electrons. The number of benzene rings is 2. The first-order valence-corrected chi connectivity index (χ1v) is 10.3. The first-order valence-electron chi connectivity index (χ1n) is 9.57. The van der Waals surface area contributed by atoms with Crippen molar-refractivity contribution in [2.24, 2.45) is 0 Å². The van der Waals surface area contributed by atoms with Crippen LogP contribution in [0.2, 0.25) is 10.0 Å². The maximum absolute atomic E-state index is 14.6. The standard InChI is InChI=1S/C22H14Cl2F4N4O3/c1-29-32(21(35)14-5-2-11(8-16(14)25)19(33)22(26,27)28)17-6-3-12(23)9-15(17)20(34)31-18-7-4-13(24)10-30-18/h2-10,29H,1H3,(H,30,31,34). The van der Waals surface area contributed by atoms with Crippen molar-refractivity contribution in [3.05, 3.63) is 87.3 Å². The van der Waals surface area contributed by atoms with Crippen molar-refractivity contribution in [1.82, 2.24) is 10.4 Å². The summed E-state index contributed by atoms with van der Waals surface area (Å²) in [4.78, 5) is 41.3. The minimum absolute atomic E-state index is 0.0526. The van der Waals surface area contributed by atoms with Crippen LogP contribution in [-0.4, -0.2) is 35.8 Å². The Bertz CT molecular complexity index is 1300. The Balaban J connectivity index is 1.96. The molecule has 2 aromatic carbocycles. The lowest BCUT2D eigenvalue weighted by atomic mass is 10.1. The quantitative estimate of drug-likeness (QED) is 0.257. The Morgan fingerprint density at radius 3 is 2.20 bits per heavy atom. The predicted molar refractivity (Wildman–Crippen MR) is 121 cm³/mol. The number of anilines is 2. The smallest absolute Gasteiger partial charge is 0.306 e. The highest BCUT2D eigenvalue weighted by Gasteiger charge is 2.39. The zero-order chi connectivity index (χ0) is 25.9. The molecule has 0 fully saturated rings. The number of hydrogen-bond acceptors (Lipinski definition) is 5. The van der Waals surface area contributed by atoms with Gasteiger partial charge in [-0.1, -0.05) is 29.3 Å². The number of carbonyl (C=O) groups is 3. The molecule has 0 radical (unpaired) electrons. The van der Waals surface area contributed by atoms with E-state index in [2.05, 4.69) is 15.7 Å². The van der Waals surface area contributed by atoms with E-state index in [1.54, 1.807) is 0 Å². The van der Waals surface area contributed by atoms with Gasteiger partial charge in [-0.2, -0.15) is 13.2 Å². The van der Waals surface area contributed by atoms with Crippen LogP contribution in [0.1, 0.15) is 31.1 Å². The fourth-order valence-corrected chi connectivity index (χ4v) is 3.25. The lowest BCUT2D eigenvalue weighted by Crippen LogP contribution is -2.42. The molecule has 0 unspecified atom stereocenters. The number of rotatable bonds is 6. The Kier molecular flexibility index (Phi) is 7.73. The van der Waals surface area contributed by atoms with Gasteiger partial charge in [0.1, 0.15) is 11.6 Å². The van der Waals surface area contributed by atoms with Gasteiger partial charge in [0.25, 0.3) is 17.6 Å². The molecule has 0 aliphatic carbocycles. The Labute approximate surface area is 205 Å². The highest BCUT2D eigenvalue weighted by Crippen LogP contribution is 2.28. The number of amides is 2. The van der Waals surface area contributed by atoms with E-state index in [1.165, 1.54) is 43.6 Å². The molecule has 7 nitrogen and oxygen atoms in total. The van der Waals surface area contributed by atoms with Gasteiger partial charge in [0.15, 0.2) is 0 Å². The second-order valence-electron chi connectivity index (χ2n) is 6.86. The number of hydrazine groups is 1. The highest BCUT2D eigenvalue weighted by molar-refractivity contribution is 6.31. The van der Waals surface area contributed by atoms with Gasteiger partial charge in [0.05, 0.1) is 21.8 Å². The van der Waals surface area contributed by atoms with Crippen molar-refractivity contribution in [2.45, 2.75) is 6.18 Å². The van der Waals surface area contributed by atoms with Crippen LogP contribution in [0.3, 0.4) is 0 Å². The average Bonchev–Trinajstić information content (AvgIpc) is 2.80. The molecule has 0 spiro atoms. The van der Waals surface area contributed by atoms with Crippen LogP contribution >= 0.6 is 23.2 Å². The minimum Gasteiger partial charge on any atom is -0.306 e. The van der Waals surface area contributed by atoms with Gasteiger partial charge < -0.3 is 5.32 Å². The molecule has 13 heteroatoms. The van der Waals surface area contributed by atoms with E-state index >= 15 is 0 Å². The third kappa shape index (κ3) is 5.94. The lowest BCUT2D eigenvalue weighted by Gasteiger charge is -2.24. The van der Waals surface area contributed by atoms with Gasteiger partial charge in [0.2, 0.25) is 0 Å². The molecule has 2 amide bonds. The molecule has 3 rings (SSSR count). The molecule has 3 aromatic rings. The van der Waals surface area contributed by atoms with Crippen molar-refractivity contribution in [3.63, 3.8) is 0 Å². The van der Waals surface area contributed by atoms with E-state index in [1.807, 2.05) is 0 Å². The molecule has 35 heavy (non-hydrogen) atoms. The summed E-state index contributed by atoms with van der Waals surface area (Å²) in [5.74, 6) is -5.26. The molecule has 1 heterocycles. The van der Waals surface area contributed by atoms with E-state index in [4.69, 9.17) is 23.2 Å². The van der Waals surface area contributed by atoms with Crippen molar-refractivity contribution in [2.75, 3.05) is 17.4 Å². The zero-order valence-corrected chi connectivity index (χ0v) is 19.1. The molecule has 1 aromatic heterocycles. The highest BCUT2D eigenvalue weighted by atomic mass is 35.5. The second-order valence-corrected chi connectivity index (χ2v) is 7.74. The summed E-state index contributed by atoms with van der Waals surface area (Å²) in [5.41, 5.74) is 0.721. The number of hydrogen-bond donors (Lipinski definition) is 2. The normalized spacial score (nSPS) is 11.2. The molecule has 0 aliphatic rings. The summed E-state index contributed by atoms with van der Waals surface area (Å²) in [6, 6.07) is 8.59. The lowest BCUT2D eigenvalue weighted by molar-refractivity contribution is -0.0885. The number of carbonyl (C=O) groups excluding carboxylic acids is 3. The Hall–Kier alpha value is -3.54. The number of ketones is 1. The number of pyridine rings is 1. The van der Waals surface area contributed by atoms with E-state index < -0.39 is 40.7 Å². The van der Waals surface area contributed by atoms with Crippen LogP contribution in [0.25, 0.3) is 0 Å². The Morgan fingerprint density at radius 1 is 0.943 bits per heavy atom. The van der Waals surface area contributed by atoms with Crippen LogP contribution in [0.4, 0.5) is 29.1 Å². The third-order valence-electron chi connectivity index (χ3n) is 4.56. The van der Waals surface area contributed by atoms with Crippen LogP contribution in [0.15, 0.2) is 54.7 Å². The largest absolute Gasteiger partial charge is 0.454 e. The van der Waals surface area contributed by atoms with Crippen molar-refractivity contribution >= 4 is 52.3 Å². The van der Waals surface area contributed by atoms with Crippen molar-refractivity contribution in [1.29, 1.82) is 0 Å². The van der Waals surface area contributed by atoms with E-state index in [-0.39, 0.29) is 22.1 Å². The van der Waals surface area contributed by atoms with Gasteiger partial charge >= 0.3 is 6.18 Å². The summed E-state index contributed by atoms with van der Waals surface area (Å²) < 4.78 is 52.5. The molecule has 0 atom stereocenters. The average molecular weight is 529 g/mol. The molecular weight excluding hydrogens is 515 g/mol. The SMILES string of the molecule is CNN(C(=O)c1ccc(C(=O)C(F)(F)F)cc1F)c1ccc(Cl)cc1C(=O)Nc1ccc(Cl)cn1. The topological polar surface area (TPSA) is 91.4 Å². The van der Waals surface area contributed by atoms with Gasteiger partial charge in [-0.25, -0.2) is 19.8 Å². The molecule has 2 N–H and O–H groups in total.